The zero-order chi connectivity index (χ0) is 15.5. The maximum Gasteiger partial charge on any atom is 0.233 e. The van der Waals surface area contributed by atoms with Gasteiger partial charge in [-0.1, -0.05) is 39.1 Å². The van der Waals surface area contributed by atoms with Gasteiger partial charge in [0.1, 0.15) is 0 Å². The van der Waals surface area contributed by atoms with E-state index >= 15 is 0 Å². The summed E-state index contributed by atoms with van der Waals surface area (Å²) in [6.07, 6.45) is 1.44. The molecule has 2 rings (SSSR count). The van der Waals surface area contributed by atoms with E-state index in [2.05, 4.69) is 26.6 Å². The van der Waals surface area contributed by atoms with E-state index in [0.717, 1.165) is 30.4 Å². The molecule has 0 saturated carbocycles. The number of hydrogen-bond acceptors (Lipinski definition) is 3. The number of benzene rings is 1. The minimum Gasteiger partial charge on any atom is -0.384 e. The van der Waals surface area contributed by atoms with Gasteiger partial charge in [-0.15, -0.1) is 0 Å². The highest BCUT2D eigenvalue weighted by Gasteiger charge is 2.40. The van der Waals surface area contributed by atoms with Crippen LogP contribution in [0.4, 0.5) is 5.69 Å². The van der Waals surface area contributed by atoms with Gasteiger partial charge in [-0.3, -0.25) is 4.79 Å². The molecule has 4 nitrogen and oxygen atoms in total. The Morgan fingerprint density at radius 3 is 2.48 bits per heavy atom. The Bertz CT molecular complexity index is 505. The highest BCUT2D eigenvalue weighted by molar-refractivity contribution is 9.10. The van der Waals surface area contributed by atoms with Crippen molar-refractivity contribution in [2.45, 2.75) is 12.8 Å². The molecule has 1 aromatic rings. The molecule has 0 unspecified atom stereocenters. The lowest BCUT2D eigenvalue weighted by atomic mass is 9.78. The fourth-order valence-electron chi connectivity index (χ4n) is 2.53. The number of methoxy groups -OCH3 is 1. The van der Waals surface area contributed by atoms with Crippen molar-refractivity contribution < 1.29 is 9.53 Å². The number of hydrogen-bond donors (Lipinski definition) is 2. The summed E-state index contributed by atoms with van der Waals surface area (Å²) in [7, 11) is 1.61. The quantitative estimate of drug-likeness (QED) is 0.816. The Balaban J connectivity index is 2.23. The maximum atomic E-state index is 12.7. The number of carbonyl (C=O) groups excluding carboxylic acids is 1. The monoisotopic (exact) mass is 394 g/mol. The molecule has 1 aliphatic rings. The molecule has 1 amide bonds. The summed E-state index contributed by atoms with van der Waals surface area (Å²) < 4.78 is 6.03. The average molecular weight is 396 g/mol. The highest BCUT2D eigenvalue weighted by atomic mass is 79.9. The third kappa shape index (κ3) is 3.90. The first-order valence-electron chi connectivity index (χ1n) is 6.64. The zero-order valence-electron chi connectivity index (χ0n) is 11.6. The first-order valence-corrected chi connectivity index (χ1v) is 8.19. The van der Waals surface area contributed by atoms with Crippen molar-refractivity contribution in [2.75, 3.05) is 32.1 Å². The van der Waals surface area contributed by atoms with Crippen LogP contribution in [0.5, 0.6) is 0 Å². The van der Waals surface area contributed by atoms with Crippen LogP contribution in [0.3, 0.4) is 0 Å². The molecule has 0 aliphatic carbocycles. The van der Waals surface area contributed by atoms with Gasteiger partial charge in [0.2, 0.25) is 5.91 Å². The molecule has 0 atom stereocenters. The standard InChI is InChI=1S/C14H17BrCl2N2O2/c1-21-8-14(2-4-18-5-3-14)13(20)19-12-10(16)6-9(15)7-11(12)17/h6-7,18H,2-5,8H2,1H3,(H,19,20). The molecule has 1 aliphatic heterocycles. The van der Waals surface area contributed by atoms with Gasteiger partial charge in [0.05, 0.1) is 27.8 Å². The van der Waals surface area contributed by atoms with Crippen molar-refractivity contribution in [3.63, 3.8) is 0 Å². The molecule has 1 saturated heterocycles. The molecule has 0 aromatic heterocycles. The molecule has 21 heavy (non-hydrogen) atoms. The number of rotatable bonds is 4. The Hall–Kier alpha value is -0.330. The van der Waals surface area contributed by atoms with Crippen LogP contribution in [0.25, 0.3) is 0 Å². The molecule has 0 spiro atoms. The van der Waals surface area contributed by atoms with Crippen LogP contribution < -0.4 is 10.6 Å². The average Bonchev–Trinajstić information content (AvgIpc) is 2.44. The van der Waals surface area contributed by atoms with Crippen LogP contribution in [0.2, 0.25) is 10.0 Å². The van der Waals surface area contributed by atoms with Crippen molar-refractivity contribution in [1.29, 1.82) is 0 Å². The summed E-state index contributed by atoms with van der Waals surface area (Å²) in [5.41, 5.74) is -0.0970. The van der Waals surface area contributed by atoms with Gasteiger partial charge in [0.15, 0.2) is 0 Å². The molecule has 0 bridgehead atoms. The Labute approximate surface area is 142 Å². The lowest BCUT2D eigenvalue weighted by Crippen LogP contribution is -2.47. The second kappa shape index (κ2) is 7.29. The molecule has 0 radical (unpaired) electrons. The predicted molar refractivity (Wildman–Crippen MR) is 89.2 cm³/mol. The Morgan fingerprint density at radius 1 is 1.38 bits per heavy atom. The Morgan fingerprint density at radius 2 is 1.95 bits per heavy atom. The Kier molecular flexibility index (Phi) is 5.91. The van der Waals surface area contributed by atoms with Gasteiger partial charge in [0, 0.05) is 11.6 Å². The highest BCUT2D eigenvalue weighted by Crippen LogP contribution is 2.37. The van der Waals surface area contributed by atoms with Crippen LogP contribution in [-0.2, 0) is 9.53 Å². The molecule has 7 heteroatoms. The molecule has 1 heterocycles. The number of piperidine rings is 1. The van der Waals surface area contributed by atoms with Crippen LogP contribution in [0.1, 0.15) is 12.8 Å². The van der Waals surface area contributed by atoms with E-state index in [1.807, 2.05) is 0 Å². The summed E-state index contributed by atoms with van der Waals surface area (Å²) in [5, 5.41) is 6.94. The van der Waals surface area contributed by atoms with E-state index in [1.54, 1.807) is 19.2 Å². The molecule has 1 aromatic carbocycles. The van der Waals surface area contributed by atoms with Crippen molar-refractivity contribution in [2.24, 2.45) is 5.41 Å². The normalized spacial score (nSPS) is 17.5. The van der Waals surface area contributed by atoms with Crippen molar-refractivity contribution in [3.05, 3.63) is 26.7 Å². The summed E-state index contributed by atoms with van der Waals surface area (Å²) in [4.78, 5) is 12.7. The van der Waals surface area contributed by atoms with Crippen LogP contribution >= 0.6 is 39.1 Å². The first-order chi connectivity index (χ1) is 9.98. The van der Waals surface area contributed by atoms with E-state index in [4.69, 9.17) is 27.9 Å². The van der Waals surface area contributed by atoms with E-state index in [0.29, 0.717) is 22.3 Å². The van der Waals surface area contributed by atoms with Crippen molar-refractivity contribution >= 4 is 50.7 Å². The van der Waals surface area contributed by atoms with Gasteiger partial charge in [-0.2, -0.15) is 0 Å². The summed E-state index contributed by atoms with van der Waals surface area (Å²) in [6.45, 7) is 1.96. The third-order valence-electron chi connectivity index (χ3n) is 3.71. The maximum absolute atomic E-state index is 12.7. The first kappa shape index (κ1) is 17.0. The van der Waals surface area contributed by atoms with Gasteiger partial charge >= 0.3 is 0 Å². The number of carbonyl (C=O) groups is 1. The van der Waals surface area contributed by atoms with Gasteiger partial charge in [-0.25, -0.2) is 0 Å². The minimum absolute atomic E-state index is 0.100. The number of halogens is 3. The molecular weight excluding hydrogens is 379 g/mol. The zero-order valence-corrected chi connectivity index (χ0v) is 14.7. The van der Waals surface area contributed by atoms with Crippen molar-refractivity contribution in [3.8, 4) is 0 Å². The topological polar surface area (TPSA) is 50.4 Å². The summed E-state index contributed by atoms with van der Waals surface area (Å²) >= 11 is 15.7. The predicted octanol–water partition coefficient (Wildman–Crippen LogP) is 3.71. The molecule has 116 valence electrons. The largest absolute Gasteiger partial charge is 0.384 e. The van der Waals surface area contributed by atoms with Gasteiger partial charge < -0.3 is 15.4 Å². The van der Waals surface area contributed by atoms with Crippen LogP contribution in [-0.4, -0.2) is 32.7 Å². The third-order valence-corrected chi connectivity index (χ3v) is 4.76. The van der Waals surface area contributed by atoms with E-state index in [-0.39, 0.29) is 5.91 Å². The summed E-state index contributed by atoms with van der Waals surface area (Å²) in [6, 6.07) is 3.41. The van der Waals surface area contributed by atoms with Crippen LogP contribution in [0.15, 0.2) is 16.6 Å². The van der Waals surface area contributed by atoms with E-state index < -0.39 is 5.41 Å². The number of nitrogens with one attached hydrogen (secondary N) is 2. The second-order valence-corrected chi connectivity index (χ2v) is 6.89. The SMILES string of the molecule is COCC1(C(=O)Nc2c(Cl)cc(Br)cc2Cl)CCNCC1. The second-order valence-electron chi connectivity index (χ2n) is 5.16. The lowest BCUT2D eigenvalue weighted by Gasteiger charge is -2.35. The van der Waals surface area contributed by atoms with Gasteiger partial charge in [0.25, 0.3) is 0 Å². The van der Waals surface area contributed by atoms with Gasteiger partial charge in [-0.05, 0) is 38.1 Å². The smallest absolute Gasteiger partial charge is 0.233 e. The number of ether oxygens (including phenoxy) is 1. The summed E-state index contributed by atoms with van der Waals surface area (Å²) in [5.74, 6) is -0.100. The van der Waals surface area contributed by atoms with E-state index in [9.17, 15) is 4.79 Å². The molecular formula is C14H17BrCl2N2O2. The number of anilines is 1. The fraction of sp³-hybridized carbons (Fsp3) is 0.500. The van der Waals surface area contributed by atoms with Crippen molar-refractivity contribution in [1.82, 2.24) is 5.32 Å². The number of amides is 1. The molecule has 2 N–H and O–H groups in total. The lowest BCUT2D eigenvalue weighted by molar-refractivity contribution is -0.130. The minimum atomic E-state index is -0.542. The fourth-order valence-corrected chi connectivity index (χ4v) is 3.83. The molecule has 1 fully saturated rings. The van der Waals surface area contributed by atoms with E-state index in [1.165, 1.54) is 0 Å². The van der Waals surface area contributed by atoms with Crippen LogP contribution in [0, 0.1) is 5.41 Å².